The van der Waals surface area contributed by atoms with E-state index in [1.165, 1.54) is 5.19 Å². The Morgan fingerprint density at radius 3 is 2.42 bits per heavy atom. The van der Waals surface area contributed by atoms with Crippen LogP contribution < -0.4 is 5.19 Å². The van der Waals surface area contributed by atoms with Crippen LogP contribution in [0.5, 0.6) is 0 Å². The highest BCUT2D eigenvalue weighted by molar-refractivity contribution is 6.81. The summed E-state index contributed by atoms with van der Waals surface area (Å²) in [6.45, 7) is 6.70. The molecule has 106 valence electrons. The zero-order chi connectivity index (χ0) is 13.8. The number of hydrogen-bond acceptors (Lipinski definition) is 3. The van der Waals surface area contributed by atoms with E-state index in [0.29, 0.717) is 0 Å². The summed E-state index contributed by atoms with van der Waals surface area (Å²) in [6, 6.07) is 11.4. The van der Waals surface area contributed by atoms with Crippen molar-refractivity contribution in [2.75, 3.05) is 26.9 Å². The molecule has 19 heavy (non-hydrogen) atoms. The molecule has 0 bridgehead atoms. The highest BCUT2D eigenvalue weighted by Crippen LogP contribution is 2.29. The third-order valence-corrected chi connectivity index (χ3v) is 7.32. The molecule has 1 saturated heterocycles. The fourth-order valence-electron chi connectivity index (χ4n) is 2.42. The van der Waals surface area contributed by atoms with Gasteiger partial charge in [-0.15, -0.1) is 0 Å². The summed E-state index contributed by atoms with van der Waals surface area (Å²) >= 11 is 0. The second kappa shape index (κ2) is 6.18. The molecule has 0 aliphatic carbocycles. The molecule has 2 rings (SSSR count). The molecule has 0 N–H and O–H groups in total. The first-order valence-corrected chi connectivity index (χ1v) is 8.99. The first kappa shape index (κ1) is 14.7. The standard InChI is InChI=1S/C15H24O3Si/c1-4-10-19(16-3,14-8-6-5-7-9-14)18-13-15(2)11-17-12-15/h5-9H,4,10-13H2,1-3H3. The maximum absolute atomic E-state index is 6.35. The van der Waals surface area contributed by atoms with Crippen molar-refractivity contribution in [1.29, 1.82) is 0 Å². The summed E-state index contributed by atoms with van der Waals surface area (Å²) < 4.78 is 17.6. The van der Waals surface area contributed by atoms with Gasteiger partial charge in [-0.25, -0.2) is 0 Å². The SMILES string of the molecule is CCC[Si](OC)(OCC1(C)COC1)c1ccccc1. The predicted molar refractivity (Wildman–Crippen MR) is 78.8 cm³/mol. The summed E-state index contributed by atoms with van der Waals surface area (Å²) in [7, 11) is -0.507. The van der Waals surface area contributed by atoms with Crippen LogP contribution in [0.25, 0.3) is 0 Å². The molecule has 1 aliphatic heterocycles. The Kier molecular flexibility index (Phi) is 4.79. The average molecular weight is 280 g/mol. The fraction of sp³-hybridized carbons (Fsp3) is 0.600. The van der Waals surface area contributed by atoms with Crippen LogP contribution in [0.4, 0.5) is 0 Å². The maximum Gasteiger partial charge on any atom is 0.372 e. The normalized spacial score (nSPS) is 20.6. The van der Waals surface area contributed by atoms with Gasteiger partial charge in [-0.1, -0.05) is 50.6 Å². The number of benzene rings is 1. The van der Waals surface area contributed by atoms with Crippen molar-refractivity contribution in [2.24, 2.45) is 5.41 Å². The topological polar surface area (TPSA) is 27.7 Å². The van der Waals surface area contributed by atoms with Gasteiger partial charge in [0.05, 0.1) is 13.2 Å². The molecular weight excluding hydrogens is 256 g/mol. The van der Waals surface area contributed by atoms with Crippen molar-refractivity contribution in [3.05, 3.63) is 30.3 Å². The van der Waals surface area contributed by atoms with E-state index in [-0.39, 0.29) is 5.41 Å². The minimum Gasteiger partial charge on any atom is -0.394 e. The molecule has 1 heterocycles. The Morgan fingerprint density at radius 1 is 1.26 bits per heavy atom. The average Bonchev–Trinajstić information content (AvgIpc) is 2.42. The monoisotopic (exact) mass is 280 g/mol. The Hall–Kier alpha value is -0.683. The smallest absolute Gasteiger partial charge is 0.372 e. The summed E-state index contributed by atoms with van der Waals surface area (Å²) in [4.78, 5) is 0. The van der Waals surface area contributed by atoms with Gasteiger partial charge in [-0.3, -0.25) is 0 Å². The second-order valence-electron chi connectivity index (χ2n) is 5.67. The molecule has 3 nitrogen and oxygen atoms in total. The maximum atomic E-state index is 6.35. The van der Waals surface area contributed by atoms with E-state index in [2.05, 4.69) is 38.1 Å². The van der Waals surface area contributed by atoms with Crippen LogP contribution in [0.2, 0.25) is 6.04 Å². The van der Waals surface area contributed by atoms with Crippen LogP contribution in [-0.4, -0.2) is 35.5 Å². The molecule has 0 saturated carbocycles. The van der Waals surface area contributed by atoms with Gasteiger partial charge in [-0.2, -0.15) is 0 Å². The van der Waals surface area contributed by atoms with E-state index >= 15 is 0 Å². The first-order chi connectivity index (χ1) is 9.14. The molecule has 0 spiro atoms. The molecule has 0 amide bonds. The molecule has 0 aromatic heterocycles. The lowest BCUT2D eigenvalue weighted by molar-refractivity contribution is -0.124. The molecule has 1 atom stereocenters. The van der Waals surface area contributed by atoms with E-state index in [4.69, 9.17) is 13.6 Å². The molecule has 0 radical (unpaired) electrons. The number of rotatable bonds is 7. The van der Waals surface area contributed by atoms with Gasteiger partial charge in [0.1, 0.15) is 0 Å². The third-order valence-electron chi connectivity index (χ3n) is 3.68. The summed E-state index contributed by atoms with van der Waals surface area (Å²) in [6.07, 6.45) is 1.07. The van der Waals surface area contributed by atoms with E-state index in [1.807, 2.05) is 6.07 Å². The van der Waals surface area contributed by atoms with Gasteiger partial charge >= 0.3 is 8.56 Å². The van der Waals surface area contributed by atoms with Gasteiger partial charge in [0.25, 0.3) is 0 Å². The van der Waals surface area contributed by atoms with Crippen LogP contribution in [0.15, 0.2) is 30.3 Å². The molecule has 4 heteroatoms. The lowest BCUT2D eigenvalue weighted by Crippen LogP contribution is -2.56. The Balaban J connectivity index is 2.14. The van der Waals surface area contributed by atoms with Crippen LogP contribution in [0, 0.1) is 5.41 Å². The van der Waals surface area contributed by atoms with Crippen molar-refractivity contribution >= 4 is 13.7 Å². The number of hydrogen-bond donors (Lipinski definition) is 0. The van der Waals surface area contributed by atoms with E-state index in [9.17, 15) is 0 Å². The number of ether oxygens (including phenoxy) is 1. The Bertz CT molecular complexity index is 392. The quantitative estimate of drug-likeness (QED) is 0.718. The van der Waals surface area contributed by atoms with Crippen molar-refractivity contribution in [3.63, 3.8) is 0 Å². The van der Waals surface area contributed by atoms with Crippen LogP contribution in [0.1, 0.15) is 20.3 Å². The first-order valence-electron chi connectivity index (χ1n) is 6.96. The largest absolute Gasteiger partial charge is 0.394 e. The van der Waals surface area contributed by atoms with E-state index < -0.39 is 8.56 Å². The van der Waals surface area contributed by atoms with Gasteiger partial charge < -0.3 is 13.6 Å². The second-order valence-corrected chi connectivity index (χ2v) is 8.95. The summed E-state index contributed by atoms with van der Waals surface area (Å²) in [5.74, 6) is 0. The predicted octanol–water partition coefficient (Wildman–Crippen LogP) is 2.45. The lowest BCUT2D eigenvalue weighted by atomic mass is 9.90. The van der Waals surface area contributed by atoms with Gasteiger partial charge in [0, 0.05) is 19.1 Å². The minimum atomic E-state index is -2.29. The molecule has 1 aromatic carbocycles. The highest BCUT2D eigenvalue weighted by Gasteiger charge is 2.42. The molecule has 1 aromatic rings. The van der Waals surface area contributed by atoms with Crippen molar-refractivity contribution in [3.8, 4) is 0 Å². The van der Waals surface area contributed by atoms with Crippen LogP contribution in [-0.2, 0) is 13.6 Å². The summed E-state index contributed by atoms with van der Waals surface area (Å²) in [5.41, 5.74) is 0.166. The van der Waals surface area contributed by atoms with Gasteiger partial charge in [0.2, 0.25) is 0 Å². The van der Waals surface area contributed by atoms with Crippen LogP contribution >= 0.6 is 0 Å². The van der Waals surface area contributed by atoms with Crippen molar-refractivity contribution in [1.82, 2.24) is 0 Å². The minimum absolute atomic E-state index is 0.166. The highest BCUT2D eigenvalue weighted by atomic mass is 28.4. The zero-order valence-corrected chi connectivity index (χ0v) is 13.1. The van der Waals surface area contributed by atoms with Crippen molar-refractivity contribution < 1.29 is 13.6 Å². The molecule has 1 unspecified atom stereocenters. The third kappa shape index (κ3) is 3.26. The van der Waals surface area contributed by atoms with Crippen LogP contribution in [0.3, 0.4) is 0 Å². The molecule has 1 fully saturated rings. The molecular formula is C15H24O3Si. The van der Waals surface area contributed by atoms with Gasteiger partial charge in [-0.05, 0) is 11.2 Å². The fourth-order valence-corrected chi connectivity index (χ4v) is 5.52. The Labute approximate surface area is 117 Å². The zero-order valence-electron chi connectivity index (χ0n) is 12.1. The van der Waals surface area contributed by atoms with Gasteiger partial charge in [0.15, 0.2) is 0 Å². The lowest BCUT2D eigenvalue weighted by Gasteiger charge is -2.41. The molecule has 1 aliphatic rings. The van der Waals surface area contributed by atoms with E-state index in [0.717, 1.165) is 32.3 Å². The Morgan fingerprint density at radius 2 is 1.95 bits per heavy atom. The summed E-state index contributed by atoms with van der Waals surface area (Å²) in [5, 5.41) is 1.23. The van der Waals surface area contributed by atoms with E-state index in [1.54, 1.807) is 7.11 Å². The van der Waals surface area contributed by atoms with Crippen molar-refractivity contribution in [2.45, 2.75) is 26.3 Å².